The van der Waals surface area contributed by atoms with Crippen LogP contribution in [0.1, 0.15) is 25.2 Å². The highest BCUT2D eigenvalue weighted by atomic mass is 16.3. The lowest BCUT2D eigenvalue weighted by Gasteiger charge is -2.05. The summed E-state index contributed by atoms with van der Waals surface area (Å²) in [4.78, 5) is 10.4. The van der Waals surface area contributed by atoms with E-state index in [0.29, 0.717) is 11.7 Å². The lowest BCUT2D eigenvalue weighted by molar-refractivity contribution is 0.525. The maximum atomic E-state index is 10.4. The van der Waals surface area contributed by atoms with Gasteiger partial charge in [0, 0.05) is 5.56 Å². The summed E-state index contributed by atoms with van der Waals surface area (Å²) in [5.41, 5.74) is 2.30. The van der Waals surface area contributed by atoms with Gasteiger partial charge in [-0.1, -0.05) is 38.1 Å². The van der Waals surface area contributed by atoms with Crippen LogP contribution in [0, 0.1) is 5.92 Å². The molecule has 0 aliphatic carbocycles. The minimum Gasteiger partial charge on any atom is -0.452 e. The summed E-state index contributed by atoms with van der Waals surface area (Å²) in [6.07, 6.45) is 2.81. The molecule has 0 amide bonds. The number of hydrogen-bond acceptors (Lipinski definition) is 2. The third-order valence-corrected chi connectivity index (χ3v) is 2.59. The Kier molecular flexibility index (Phi) is 3.43. The van der Waals surface area contributed by atoms with Gasteiger partial charge in [-0.2, -0.15) is 0 Å². The molecule has 0 fully saturated rings. The molecular weight excluding hydrogens is 212 g/mol. The molecule has 1 aromatic carbocycles. The Morgan fingerprint density at radius 3 is 2.35 bits per heavy atom. The van der Waals surface area contributed by atoms with E-state index >= 15 is 0 Å². The average molecular weight is 227 g/mol. The SMILES string of the molecule is CC(C)Cc1ccc(-c2ccc([C]=O)o2)cc1. The number of carbonyl (C=O) groups excluding carboxylic acids is 1. The van der Waals surface area contributed by atoms with Crippen LogP contribution in [0.5, 0.6) is 0 Å². The third kappa shape index (κ3) is 2.84. The van der Waals surface area contributed by atoms with Crippen molar-refractivity contribution in [3.05, 3.63) is 47.7 Å². The fourth-order valence-corrected chi connectivity index (χ4v) is 1.82. The Bertz CT molecular complexity index is 492. The van der Waals surface area contributed by atoms with E-state index in [-0.39, 0.29) is 5.76 Å². The molecule has 2 nitrogen and oxygen atoms in total. The van der Waals surface area contributed by atoms with Gasteiger partial charge in [0.05, 0.1) is 0 Å². The number of benzene rings is 1. The van der Waals surface area contributed by atoms with E-state index in [2.05, 4.69) is 26.0 Å². The minimum absolute atomic E-state index is 0.242. The predicted molar refractivity (Wildman–Crippen MR) is 67.5 cm³/mol. The first-order chi connectivity index (χ1) is 8.19. The maximum Gasteiger partial charge on any atom is 0.271 e. The molecule has 1 radical (unpaired) electrons. The van der Waals surface area contributed by atoms with Crippen LogP contribution < -0.4 is 0 Å². The van der Waals surface area contributed by atoms with Crippen molar-refractivity contribution in [3.8, 4) is 11.3 Å². The van der Waals surface area contributed by atoms with Crippen molar-refractivity contribution in [2.75, 3.05) is 0 Å². The summed E-state index contributed by atoms with van der Waals surface area (Å²) in [6.45, 7) is 4.40. The molecule has 87 valence electrons. The van der Waals surface area contributed by atoms with Crippen LogP contribution in [0.15, 0.2) is 40.8 Å². The van der Waals surface area contributed by atoms with Gasteiger partial charge in [0.15, 0.2) is 5.76 Å². The van der Waals surface area contributed by atoms with Crippen molar-refractivity contribution < 1.29 is 9.21 Å². The smallest absolute Gasteiger partial charge is 0.271 e. The van der Waals surface area contributed by atoms with Gasteiger partial charge in [0.1, 0.15) is 5.76 Å². The monoisotopic (exact) mass is 227 g/mol. The van der Waals surface area contributed by atoms with E-state index in [4.69, 9.17) is 4.42 Å². The molecule has 0 unspecified atom stereocenters. The highest BCUT2D eigenvalue weighted by molar-refractivity contribution is 5.73. The first kappa shape index (κ1) is 11.6. The van der Waals surface area contributed by atoms with E-state index in [9.17, 15) is 4.79 Å². The van der Waals surface area contributed by atoms with Crippen molar-refractivity contribution >= 4 is 6.29 Å². The summed E-state index contributed by atoms with van der Waals surface area (Å²) in [7, 11) is 0. The van der Waals surface area contributed by atoms with Crippen LogP contribution >= 0.6 is 0 Å². The third-order valence-electron chi connectivity index (χ3n) is 2.59. The molecule has 0 spiro atoms. The fraction of sp³-hybridized carbons (Fsp3) is 0.267. The Morgan fingerprint density at radius 2 is 1.82 bits per heavy atom. The van der Waals surface area contributed by atoms with Gasteiger partial charge >= 0.3 is 0 Å². The van der Waals surface area contributed by atoms with Crippen molar-refractivity contribution in [1.29, 1.82) is 0 Å². The normalized spacial score (nSPS) is 10.8. The van der Waals surface area contributed by atoms with Crippen molar-refractivity contribution in [1.82, 2.24) is 0 Å². The second kappa shape index (κ2) is 5.00. The zero-order valence-corrected chi connectivity index (χ0v) is 10.1. The largest absolute Gasteiger partial charge is 0.452 e. The molecule has 0 bridgehead atoms. The van der Waals surface area contributed by atoms with Crippen LogP contribution in [-0.2, 0) is 11.2 Å². The van der Waals surface area contributed by atoms with Gasteiger partial charge in [-0.05, 0) is 30.0 Å². The quantitative estimate of drug-likeness (QED) is 0.798. The lowest BCUT2D eigenvalue weighted by Crippen LogP contribution is -1.93. The molecule has 0 aliphatic heterocycles. The fourth-order valence-electron chi connectivity index (χ4n) is 1.82. The Morgan fingerprint density at radius 1 is 1.12 bits per heavy atom. The van der Waals surface area contributed by atoms with Crippen LogP contribution in [0.25, 0.3) is 11.3 Å². The van der Waals surface area contributed by atoms with Crippen molar-refractivity contribution in [2.24, 2.45) is 5.92 Å². The second-order valence-corrected chi connectivity index (χ2v) is 4.56. The molecule has 2 heteroatoms. The summed E-state index contributed by atoms with van der Waals surface area (Å²) in [5.74, 6) is 1.60. The zero-order chi connectivity index (χ0) is 12.3. The standard InChI is InChI=1S/C15H15O2/c1-11(2)9-12-3-5-13(6-4-12)15-8-7-14(10-16)17-15/h3-8,11H,9H2,1-2H3. The van der Waals surface area contributed by atoms with Gasteiger partial charge < -0.3 is 4.42 Å². The van der Waals surface area contributed by atoms with Gasteiger partial charge in [-0.15, -0.1) is 0 Å². The van der Waals surface area contributed by atoms with Gasteiger partial charge in [0.2, 0.25) is 0 Å². The highest BCUT2D eigenvalue weighted by Gasteiger charge is 2.05. The first-order valence-electron chi connectivity index (χ1n) is 5.76. The molecule has 2 aromatic rings. The minimum atomic E-state index is 0.242. The Balaban J connectivity index is 2.19. The summed E-state index contributed by atoms with van der Waals surface area (Å²) in [5, 5.41) is 0. The van der Waals surface area contributed by atoms with Crippen molar-refractivity contribution in [2.45, 2.75) is 20.3 Å². The topological polar surface area (TPSA) is 30.2 Å². The lowest BCUT2D eigenvalue weighted by atomic mass is 10.0. The van der Waals surface area contributed by atoms with Crippen LogP contribution in [0.4, 0.5) is 0 Å². The van der Waals surface area contributed by atoms with Gasteiger partial charge in [-0.3, -0.25) is 4.79 Å². The van der Waals surface area contributed by atoms with Crippen LogP contribution in [0.2, 0.25) is 0 Å². The van der Waals surface area contributed by atoms with Gasteiger partial charge in [0.25, 0.3) is 6.29 Å². The average Bonchev–Trinajstić information content (AvgIpc) is 2.78. The molecular formula is C15H15O2. The van der Waals surface area contributed by atoms with Crippen molar-refractivity contribution in [3.63, 3.8) is 0 Å². The molecule has 0 saturated heterocycles. The Labute approximate surface area is 101 Å². The predicted octanol–water partition coefficient (Wildman–Crippen LogP) is 3.60. The molecule has 0 aliphatic rings. The summed E-state index contributed by atoms with van der Waals surface area (Å²) >= 11 is 0. The molecule has 0 N–H and O–H groups in total. The molecule has 2 rings (SSSR count). The van der Waals surface area contributed by atoms with E-state index in [1.165, 1.54) is 5.56 Å². The van der Waals surface area contributed by atoms with E-state index < -0.39 is 0 Å². The summed E-state index contributed by atoms with van der Waals surface area (Å²) in [6, 6.07) is 11.7. The Hall–Kier alpha value is -1.83. The van der Waals surface area contributed by atoms with E-state index in [1.807, 2.05) is 12.1 Å². The number of furan rings is 1. The summed E-state index contributed by atoms with van der Waals surface area (Å²) < 4.78 is 5.32. The maximum absolute atomic E-state index is 10.4. The second-order valence-electron chi connectivity index (χ2n) is 4.56. The number of hydrogen-bond donors (Lipinski definition) is 0. The highest BCUT2D eigenvalue weighted by Crippen LogP contribution is 2.22. The number of rotatable bonds is 4. The van der Waals surface area contributed by atoms with Gasteiger partial charge in [-0.25, -0.2) is 0 Å². The molecule has 0 atom stereocenters. The first-order valence-corrected chi connectivity index (χ1v) is 5.76. The van der Waals surface area contributed by atoms with Crippen LogP contribution in [-0.4, -0.2) is 6.29 Å². The molecule has 17 heavy (non-hydrogen) atoms. The molecule has 0 saturated carbocycles. The van der Waals surface area contributed by atoms with Crippen LogP contribution in [0.3, 0.4) is 0 Å². The van der Waals surface area contributed by atoms with E-state index in [1.54, 1.807) is 18.4 Å². The zero-order valence-electron chi connectivity index (χ0n) is 10.1. The molecule has 1 heterocycles. The van der Waals surface area contributed by atoms with E-state index in [0.717, 1.165) is 12.0 Å². The molecule has 1 aromatic heterocycles.